The van der Waals surface area contributed by atoms with E-state index in [1.165, 1.54) is 0 Å². The van der Waals surface area contributed by atoms with Gasteiger partial charge in [-0.3, -0.25) is 0 Å². The maximum atomic E-state index is 5.13. The highest BCUT2D eigenvalue weighted by atomic mass is 32.1. The van der Waals surface area contributed by atoms with Gasteiger partial charge in [0.05, 0.1) is 19.8 Å². The molecule has 1 fully saturated rings. The third kappa shape index (κ3) is 2.83. The van der Waals surface area contributed by atoms with Gasteiger partial charge >= 0.3 is 0 Å². The molecule has 0 bridgehead atoms. The molecule has 1 N–H and O–H groups in total. The predicted octanol–water partition coefficient (Wildman–Crippen LogP) is 0.164. The molecule has 1 heterocycles. The Hall–Kier alpha value is 0.160. The summed E-state index contributed by atoms with van der Waals surface area (Å²) in [6.45, 7) is 1.93. The highest BCUT2D eigenvalue weighted by Gasteiger charge is 2.14. The summed E-state index contributed by atoms with van der Waals surface area (Å²) in [5, 5.41) is 2.83. The van der Waals surface area contributed by atoms with Crippen LogP contribution in [-0.4, -0.2) is 30.4 Å². The lowest BCUT2D eigenvalue weighted by Gasteiger charge is -2.08. The number of nitrogens with one attached hydrogen (secondary N) is 1. The number of thiol groups is 1. The van der Waals surface area contributed by atoms with E-state index in [0.29, 0.717) is 24.1 Å². The Kier molecular flexibility index (Phi) is 3.41. The molecule has 1 rings (SSSR count). The van der Waals surface area contributed by atoms with E-state index in [1.807, 2.05) is 0 Å². The Morgan fingerprint density at radius 1 is 1.60 bits per heavy atom. The third-order valence-electron chi connectivity index (χ3n) is 1.11. The molecular weight excluding hydrogens is 170 g/mol. The normalized spacial score (nSPS) is 19.3. The zero-order chi connectivity index (χ0) is 7.40. The largest absolute Gasteiger partial charge is 0.366 e. The average molecular weight is 179 g/mol. The predicted molar refractivity (Wildman–Crippen MR) is 45.3 cm³/mol. The molecule has 0 radical (unpaired) electrons. The van der Waals surface area contributed by atoms with E-state index in [-0.39, 0.29) is 6.29 Å². The van der Waals surface area contributed by atoms with Crippen molar-refractivity contribution in [3.05, 3.63) is 0 Å². The van der Waals surface area contributed by atoms with Crippen molar-refractivity contribution in [1.82, 2.24) is 5.32 Å². The lowest BCUT2D eigenvalue weighted by Crippen LogP contribution is -2.28. The summed E-state index contributed by atoms with van der Waals surface area (Å²) >= 11 is 8.55. The molecule has 1 aliphatic heterocycles. The quantitative estimate of drug-likeness (QED) is 0.467. The first-order valence-electron chi connectivity index (χ1n) is 2.99. The summed E-state index contributed by atoms with van der Waals surface area (Å²) in [7, 11) is 0. The second-order valence-electron chi connectivity index (χ2n) is 1.86. The van der Waals surface area contributed by atoms with Gasteiger partial charge < -0.3 is 14.8 Å². The Bertz CT molecular complexity index is 125. The van der Waals surface area contributed by atoms with Gasteiger partial charge in [0.2, 0.25) is 0 Å². The molecule has 5 heteroatoms. The second kappa shape index (κ2) is 4.12. The first-order valence-corrected chi connectivity index (χ1v) is 3.84. The van der Waals surface area contributed by atoms with Crippen molar-refractivity contribution in [2.45, 2.75) is 6.29 Å². The number of thiocarbonyl (C=S) groups is 1. The molecule has 1 aliphatic rings. The monoisotopic (exact) mass is 179 g/mol. The van der Waals surface area contributed by atoms with Crippen molar-refractivity contribution in [3.8, 4) is 0 Å². The van der Waals surface area contributed by atoms with Crippen molar-refractivity contribution in [2.75, 3.05) is 19.8 Å². The van der Waals surface area contributed by atoms with Gasteiger partial charge in [-0.15, -0.1) is 12.6 Å². The minimum absolute atomic E-state index is 0.148. The van der Waals surface area contributed by atoms with Gasteiger partial charge in [0.15, 0.2) is 6.29 Å². The zero-order valence-electron chi connectivity index (χ0n) is 5.37. The summed E-state index contributed by atoms with van der Waals surface area (Å²) in [6, 6.07) is 0. The fourth-order valence-electron chi connectivity index (χ4n) is 0.696. The lowest BCUT2D eigenvalue weighted by molar-refractivity contribution is -0.0359. The molecule has 1 saturated heterocycles. The summed E-state index contributed by atoms with van der Waals surface area (Å²) < 4.78 is 10.7. The van der Waals surface area contributed by atoms with Crippen LogP contribution in [0.1, 0.15) is 0 Å². The molecule has 10 heavy (non-hydrogen) atoms. The summed E-state index contributed by atoms with van der Waals surface area (Å²) in [6.07, 6.45) is -0.148. The van der Waals surface area contributed by atoms with Gasteiger partial charge in [-0.05, 0) is 0 Å². The molecule has 0 aliphatic carbocycles. The molecule has 0 spiro atoms. The van der Waals surface area contributed by atoms with Crippen molar-refractivity contribution in [1.29, 1.82) is 0 Å². The number of hydrogen-bond donors (Lipinski definition) is 2. The van der Waals surface area contributed by atoms with Crippen LogP contribution in [0.2, 0.25) is 0 Å². The zero-order valence-corrected chi connectivity index (χ0v) is 7.08. The van der Waals surface area contributed by atoms with Crippen molar-refractivity contribution < 1.29 is 9.47 Å². The molecular formula is C5H9NO2S2. The molecule has 0 amide bonds. The van der Waals surface area contributed by atoms with E-state index < -0.39 is 0 Å². The molecule has 3 nitrogen and oxygen atoms in total. The summed E-state index contributed by atoms with van der Waals surface area (Å²) in [5.74, 6) is 0. The first kappa shape index (κ1) is 8.26. The van der Waals surface area contributed by atoms with Gasteiger partial charge in [-0.1, -0.05) is 12.2 Å². The van der Waals surface area contributed by atoms with Crippen molar-refractivity contribution >= 4 is 29.2 Å². The minimum atomic E-state index is -0.148. The van der Waals surface area contributed by atoms with Crippen LogP contribution in [0.5, 0.6) is 0 Å². The molecule has 0 unspecified atom stereocenters. The highest BCUT2D eigenvalue weighted by Crippen LogP contribution is 2.01. The van der Waals surface area contributed by atoms with Crippen molar-refractivity contribution in [3.63, 3.8) is 0 Å². The Balaban J connectivity index is 2.07. The van der Waals surface area contributed by atoms with E-state index in [2.05, 4.69) is 30.2 Å². The number of rotatable bonds is 2. The smallest absolute Gasteiger partial charge is 0.174 e. The van der Waals surface area contributed by atoms with Crippen molar-refractivity contribution in [2.24, 2.45) is 0 Å². The molecule has 0 aromatic rings. The van der Waals surface area contributed by atoms with E-state index >= 15 is 0 Å². The fraction of sp³-hybridized carbons (Fsp3) is 0.800. The maximum absolute atomic E-state index is 5.13. The first-order chi connectivity index (χ1) is 4.79. The topological polar surface area (TPSA) is 30.5 Å². The van der Waals surface area contributed by atoms with Gasteiger partial charge in [0.1, 0.15) is 4.32 Å². The average Bonchev–Trinajstić information content (AvgIpc) is 2.34. The standard InChI is InChI=1S/C5H9NO2S2/c9-5(10)6-3-4-7-1-2-8-4/h4H,1-3H2,(H2,6,9,10). The lowest BCUT2D eigenvalue weighted by atomic mass is 10.6. The maximum Gasteiger partial charge on any atom is 0.174 e. The van der Waals surface area contributed by atoms with E-state index in [0.717, 1.165) is 0 Å². The van der Waals surface area contributed by atoms with Gasteiger partial charge in [0, 0.05) is 0 Å². The van der Waals surface area contributed by atoms with Crippen LogP contribution in [0.15, 0.2) is 0 Å². The van der Waals surface area contributed by atoms with Crippen LogP contribution in [-0.2, 0) is 9.47 Å². The molecule has 0 aromatic heterocycles. The Morgan fingerprint density at radius 3 is 2.70 bits per heavy atom. The van der Waals surface area contributed by atoms with E-state index in [4.69, 9.17) is 9.47 Å². The van der Waals surface area contributed by atoms with Crippen LogP contribution in [0, 0.1) is 0 Å². The van der Waals surface area contributed by atoms with Gasteiger partial charge in [0.25, 0.3) is 0 Å². The van der Waals surface area contributed by atoms with Crippen LogP contribution >= 0.6 is 24.8 Å². The second-order valence-corrected chi connectivity index (χ2v) is 3.02. The van der Waals surface area contributed by atoms with Gasteiger partial charge in [-0.25, -0.2) is 0 Å². The minimum Gasteiger partial charge on any atom is -0.366 e. The molecule has 0 aromatic carbocycles. The number of ether oxygens (including phenoxy) is 2. The molecule has 0 saturated carbocycles. The van der Waals surface area contributed by atoms with Gasteiger partial charge in [-0.2, -0.15) is 0 Å². The van der Waals surface area contributed by atoms with Crippen LogP contribution in [0.4, 0.5) is 0 Å². The Morgan fingerprint density at radius 2 is 2.20 bits per heavy atom. The van der Waals surface area contributed by atoms with Crippen LogP contribution in [0.25, 0.3) is 0 Å². The fourth-order valence-corrected chi connectivity index (χ4v) is 0.870. The Labute approximate surface area is 70.5 Å². The summed E-state index contributed by atoms with van der Waals surface area (Å²) in [4.78, 5) is 0. The molecule has 0 atom stereocenters. The number of hydrogen-bond acceptors (Lipinski definition) is 3. The van der Waals surface area contributed by atoms with Crippen LogP contribution in [0.3, 0.4) is 0 Å². The molecule has 58 valence electrons. The van der Waals surface area contributed by atoms with E-state index in [9.17, 15) is 0 Å². The van der Waals surface area contributed by atoms with Crippen LogP contribution < -0.4 is 5.32 Å². The SMILES string of the molecule is S=C(S)NCC1OCCO1. The summed E-state index contributed by atoms with van der Waals surface area (Å²) in [5.41, 5.74) is 0. The van der Waals surface area contributed by atoms with E-state index in [1.54, 1.807) is 0 Å². The third-order valence-corrected chi connectivity index (χ3v) is 1.41. The highest BCUT2D eigenvalue weighted by molar-refractivity contribution is 8.11.